The lowest BCUT2D eigenvalue weighted by Gasteiger charge is -2.22. The lowest BCUT2D eigenvalue weighted by atomic mass is 10.2. The molecule has 3 N–H and O–H groups in total. The first kappa shape index (κ1) is 15.3. The average molecular weight is 341 g/mol. The van der Waals surface area contributed by atoms with Crippen molar-refractivity contribution in [3.8, 4) is 0 Å². The van der Waals surface area contributed by atoms with Gasteiger partial charge >= 0.3 is 0 Å². The Labute approximate surface area is 127 Å². The molecule has 1 aliphatic rings. The third kappa shape index (κ3) is 3.70. The minimum atomic E-state index is -3.72. The van der Waals surface area contributed by atoms with Crippen LogP contribution in [0.1, 0.15) is 12.8 Å². The molecule has 1 aromatic rings. The van der Waals surface area contributed by atoms with Gasteiger partial charge in [0.05, 0.1) is 10.0 Å². The van der Waals surface area contributed by atoms with Gasteiger partial charge in [0.15, 0.2) is 0 Å². The molecule has 4 nitrogen and oxygen atoms in total. The van der Waals surface area contributed by atoms with E-state index >= 15 is 0 Å². The summed E-state index contributed by atoms with van der Waals surface area (Å²) in [5.74, 6) is 1.84. The molecule has 0 bridgehead atoms. The molecule has 1 fully saturated rings. The minimum Gasteiger partial charge on any atom is -0.399 e. The van der Waals surface area contributed by atoms with Gasteiger partial charge in [0.2, 0.25) is 10.0 Å². The van der Waals surface area contributed by atoms with Crippen molar-refractivity contribution in [3.05, 3.63) is 22.2 Å². The summed E-state index contributed by atoms with van der Waals surface area (Å²) < 4.78 is 27.3. The molecule has 1 aliphatic heterocycles. The normalized spacial score (nSPS) is 20.4. The van der Waals surface area contributed by atoms with Crippen molar-refractivity contribution in [2.75, 3.05) is 17.2 Å². The highest BCUT2D eigenvalue weighted by molar-refractivity contribution is 7.99. The number of halogens is 2. The zero-order chi connectivity index (χ0) is 14.0. The van der Waals surface area contributed by atoms with E-state index in [9.17, 15) is 8.42 Å². The number of sulfonamides is 1. The molecule has 0 aromatic heterocycles. The Balaban J connectivity index is 2.29. The Morgan fingerprint density at radius 3 is 2.47 bits per heavy atom. The first-order chi connectivity index (χ1) is 8.90. The lowest BCUT2D eigenvalue weighted by Crippen LogP contribution is -2.38. The van der Waals surface area contributed by atoms with Crippen LogP contribution in [0, 0.1) is 0 Å². The highest BCUT2D eigenvalue weighted by atomic mass is 35.5. The smallest absolute Gasteiger partial charge is 0.243 e. The number of nitrogen functional groups attached to an aromatic ring is 1. The van der Waals surface area contributed by atoms with Crippen LogP contribution < -0.4 is 10.5 Å². The molecule has 0 aliphatic carbocycles. The van der Waals surface area contributed by atoms with Crippen LogP contribution in [0.4, 0.5) is 5.69 Å². The van der Waals surface area contributed by atoms with E-state index in [0.717, 1.165) is 24.3 Å². The zero-order valence-corrected chi connectivity index (χ0v) is 13.2. The largest absolute Gasteiger partial charge is 0.399 e. The van der Waals surface area contributed by atoms with Crippen LogP contribution in [0.3, 0.4) is 0 Å². The Hall–Kier alpha value is -0.140. The molecule has 106 valence electrons. The average Bonchev–Trinajstić information content (AvgIpc) is 2.27. The van der Waals surface area contributed by atoms with Crippen LogP contribution in [0.2, 0.25) is 10.0 Å². The van der Waals surface area contributed by atoms with Crippen molar-refractivity contribution in [1.29, 1.82) is 0 Å². The second-order valence-corrected chi connectivity index (χ2v) is 7.96. The van der Waals surface area contributed by atoms with E-state index < -0.39 is 10.0 Å². The molecule has 0 amide bonds. The van der Waals surface area contributed by atoms with Crippen molar-refractivity contribution >= 4 is 50.7 Å². The number of hydrogen-bond donors (Lipinski definition) is 2. The molecule has 8 heteroatoms. The first-order valence-electron chi connectivity index (χ1n) is 5.75. The molecule has 1 saturated heterocycles. The van der Waals surface area contributed by atoms with E-state index in [-0.39, 0.29) is 21.0 Å². The fourth-order valence-corrected chi connectivity index (χ4v) is 5.63. The summed E-state index contributed by atoms with van der Waals surface area (Å²) in [7, 11) is -3.72. The quantitative estimate of drug-likeness (QED) is 0.830. The molecule has 0 saturated carbocycles. The minimum absolute atomic E-state index is 0.0426. The van der Waals surface area contributed by atoms with Gasteiger partial charge in [-0.15, -0.1) is 0 Å². The number of hydrogen-bond acceptors (Lipinski definition) is 4. The van der Waals surface area contributed by atoms with Crippen LogP contribution in [0.15, 0.2) is 17.0 Å². The predicted molar refractivity (Wildman–Crippen MR) is 81.5 cm³/mol. The second kappa shape index (κ2) is 6.10. The molecule has 1 atom stereocenters. The van der Waals surface area contributed by atoms with Crippen molar-refractivity contribution in [2.45, 2.75) is 23.8 Å². The Bertz CT molecular complexity index is 549. The van der Waals surface area contributed by atoms with Gasteiger partial charge in [0, 0.05) is 17.5 Å². The lowest BCUT2D eigenvalue weighted by molar-refractivity contribution is 0.543. The van der Waals surface area contributed by atoms with Gasteiger partial charge in [0.1, 0.15) is 4.90 Å². The van der Waals surface area contributed by atoms with Gasteiger partial charge in [0.25, 0.3) is 0 Å². The van der Waals surface area contributed by atoms with Gasteiger partial charge in [-0.05, 0) is 30.7 Å². The van der Waals surface area contributed by atoms with Crippen molar-refractivity contribution < 1.29 is 8.42 Å². The summed E-state index contributed by atoms with van der Waals surface area (Å²) in [5.41, 5.74) is 5.90. The summed E-state index contributed by atoms with van der Waals surface area (Å²) in [4.78, 5) is -0.0967. The van der Waals surface area contributed by atoms with Crippen molar-refractivity contribution in [1.82, 2.24) is 4.72 Å². The summed E-state index contributed by atoms with van der Waals surface area (Å²) in [6.07, 6.45) is 1.83. The van der Waals surface area contributed by atoms with Gasteiger partial charge < -0.3 is 5.73 Å². The van der Waals surface area contributed by atoms with Crippen LogP contribution >= 0.6 is 35.0 Å². The number of rotatable bonds is 3. The Kier molecular flexibility index (Phi) is 4.89. The van der Waals surface area contributed by atoms with E-state index in [1.165, 1.54) is 12.1 Å². The fraction of sp³-hybridized carbons (Fsp3) is 0.455. The summed E-state index contributed by atoms with van der Waals surface area (Å²) in [5, 5.41) is 0.0851. The van der Waals surface area contributed by atoms with Gasteiger partial charge in [-0.25, -0.2) is 13.1 Å². The van der Waals surface area contributed by atoms with Gasteiger partial charge in [-0.1, -0.05) is 23.2 Å². The third-order valence-electron chi connectivity index (χ3n) is 2.77. The summed E-state index contributed by atoms with van der Waals surface area (Å²) in [6.45, 7) is 0. The van der Waals surface area contributed by atoms with Crippen molar-refractivity contribution in [3.63, 3.8) is 0 Å². The molecule has 0 spiro atoms. The Morgan fingerprint density at radius 1 is 1.32 bits per heavy atom. The monoisotopic (exact) mass is 340 g/mol. The highest BCUT2D eigenvalue weighted by Gasteiger charge is 2.26. The molecule has 2 rings (SSSR count). The van der Waals surface area contributed by atoms with E-state index in [1.54, 1.807) is 11.8 Å². The van der Waals surface area contributed by atoms with E-state index in [4.69, 9.17) is 28.9 Å². The molecule has 19 heavy (non-hydrogen) atoms. The SMILES string of the molecule is Nc1cc(Cl)c(S(=O)(=O)NC2CCCSC2)c(Cl)c1. The van der Waals surface area contributed by atoms with E-state index in [1.807, 2.05) is 0 Å². The Morgan fingerprint density at radius 2 is 1.95 bits per heavy atom. The second-order valence-electron chi connectivity index (χ2n) is 4.35. The number of nitrogens with one attached hydrogen (secondary N) is 1. The zero-order valence-electron chi connectivity index (χ0n) is 10.0. The molecule has 1 unspecified atom stereocenters. The van der Waals surface area contributed by atoms with E-state index in [0.29, 0.717) is 5.69 Å². The predicted octanol–water partition coefficient (Wildman–Crippen LogP) is 2.75. The molecule has 1 heterocycles. The van der Waals surface area contributed by atoms with Gasteiger partial charge in [-0.3, -0.25) is 0 Å². The highest BCUT2D eigenvalue weighted by Crippen LogP contribution is 2.32. The maximum Gasteiger partial charge on any atom is 0.243 e. The number of nitrogens with two attached hydrogens (primary N) is 1. The third-order valence-corrected chi connectivity index (χ3v) is 6.43. The topological polar surface area (TPSA) is 72.2 Å². The standard InChI is InChI=1S/C11H14Cl2N2O2S2/c12-9-4-7(14)5-10(13)11(9)19(16,17)15-8-2-1-3-18-6-8/h4-5,8,15H,1-3,6,14H2. The number of thioether (sulfide) groups is 1. The van der Waals surface area contributed by atoms with Crippen molar-refractivity contribution in [2.24, 2.45) is 0 Å². The molecule has 1 aromatic carbocycles. The summed E-state index contributed by atoms with van der Waals surface area (Å²) in [6, 6.07) is 2.70. The van der Waals surface area contributed by atoms with E-state index in [2.05, 4.69) is 4.72 Å². The fourth-order valence-electron chi connectivity index (χ4n) is 1.95. The van der Waals surface area contributed by atoms with Crippen LogP contribution in [0.5, 0.6) is 0 Å². The van der Waals surface area contributed by atoms with Gasteiger partial charge in [-0.2, -0.15) is 11.8 Å². The number of anilines is 1. The molecular weight excluding hydrogens is 327 g/mol. The van der Waals surface area contributed by atoms with Crippen LogP contribution in [-0.4, -0.2) is 26.0 Å². The maximum atomic E-state index is 12.3. The number of benzene rings is 1. The maximum absolute atomic E-state index is 12.3. The van der Waals surface area contributed by atoms with Crippen LogP contribution in [0.25, 0.3) is 0 Å². The van der Waals surface area contributed by atoms with Crippen LogP contribution in [-0.2, 0) is 10.0 Å². The molecular formula is C11H14Cl2N2O2S2. The molecule has 0 radical (unpaired) electrons. The summed E-state index contributed by atoms with van der Waals surface area (Å²) >= 11 is 13.6. The first-order valence-corrected chi connectivity index (χ1v) is 9.14.